The molecule has 2 N–H and O–H groups in total. The molecule has 6 heteroatoms. The molecule has 2 amide bonds. The van der Waals surface area contributed by atoms with E-state index in [0.717, 1.165) is 10.0 Å². The Morgan fingerprint density at radius 2 is 2.25 bits per heavy atom. The summed E-state index contributed by atoms with van der Waals surface area (Å²) in [5, 5.41) is 0. The van der Waals surface area contributed by atoms with Crippen molar-refractivity contribution in [1.82, 2.24) is 4.90 Å². The number of amidine groups is 1. The molecule has 5 nitrogen and oxygen atoms in total. The molecular weight excluding hydrogens is 322 g/mol. The number of amides is 2. The standard InChI is InChI=1S/C14H16BrN3O2/c1-20-11-5-4-9(15)6-10(11)12-13(16)17-14(19)18(12)7-8-2-3-8/h4-6,8,12H,2-3,7H2,1H3,(H2,16,17,19). The first-order valence-corrected chi connectivity index (χ1v) is 7.37. The van der Waals surface area contributed by atoms with Crippen molar-refractivity contribution in [2.75, 3.05) is 13.7 Å². The Hall–Kier alpha value is -1.56. The van der Waals surface area contributed by atoms with Gasteiger partial charge in [-0.15, -0.1) is 0 Å². The van der Waals surface area contributed by atoms with Gasteiger partial charge in [-0.05, 0) is 37.0 Å². The number of methoxy groups -OCH3 is 1. The molecule has 0 bridgehead atoms. The van der Waals surface area contributed by atoms with Crippen LogP contribution in [0.3, 0.4) is 0 Å². The van der Waals surface area contributed by atoms with Gasteiger partial charge in [-0.3, -0.25) is 0 Å². The summed E-state index contributed by atoms with van der Waals surface area (Å²) >= 11 is 3.45. The van der Waals surface area contributed by atoms with Gasteiger partial charge >= 0.3 is 6.03 Å². The number of benzene rings is 1. The predicted molar refractivity (Wildman–Crippen MR) is 79.9 cm³/mol. The molecule has 1 aromatic carbocycles. The molecule has 1 saturated carbocycles. The second kappa shape index (κ2) is 5.09. The van der Waals surface area contributed by atoms with E-state index in [-0.39, 0.29) is 12.1 Å². The van der Waals surface area contributed by atoms with Crippen molar-refractivity contribution in [2.45, 2.75) is 18.9 Å². The van der Waals surface area contributed by atoms with Crippen molar-refractivity contribution in [3.05, 3.63) is 28.2 Å². The number of carbonyl (C=O) groups excluding carboxylic acids is 1. The van der Waals surface area contributed by atoms with Crippen LogP contribution in [0.15, 0.2) is 27.7 Å². The van der Waals surface area contributed by atoms with Gasteiger partial charge in [0.25, 0.3) is 0 Å². The molecule has 1 aromatic rings. The van der Waals surface area contributed by atoms with E-state index >= 15 is 0 Å². The molecule has 1 fully saturated rings. The highest BCUT2D eigenvalue weighted by atomic mass is 79.9. The summed E-state index contributed by atoms with van der Waals surface area (Å²) in [6.45, 7) is 0.712. The Kier molecular flexibility index (Phi) is 3.41. The van der Waals surface area contributed by atoms with E-state index in [1.54, 1.807) is 12.0 Å². The molecular formula is C14H16BrN3O2. The number of nitrogens with zero attached hydrogens (tertiary/aromatic N) is 2. The lowest BCUT2D eigenvalue weighted by Gasteiger charge is -2.26. The van der Waals surface area contributed by atoms with Crippen LogP contribution in [0.2, 0.25) is 0 Å². The fourth-order valence-corrected chi connectivity index (χ4v) is 2.89. The minimum Gasteiger partial charge on any atom is -0.496 e. The van der Waals surface area contributed by atoms with Gasteiger partial charge in [0, 0.05) is 16.6 Å². The number of aliphatic imine (C=N–C) groups is 1. The van der Waals surface area contributed by atoms with E-state index in [2.05, 4.69) is 20.9 Å². The van der Waals surface area contributed by atoms with Gasteiger partial charge in [-0.2, -0.15) is 4.99 Å². The number of rotatable bonds is 4. The first-order valence-electron chi connectivity index (χ1n) is 6.58. The SMILES string of the molecule is COc1ccc(Br)cc1C1C(N)=NC(=O)N1CC1CC1. The summed E-state index contributed by atoms with van der Waals surface area (Å²) in [5.41, 5.74) is 6.85. The van der Waals surface area contributed by atoms with Crippen molar-refractivity contribution in [2.24, 2.45) is 16.6 Å². The molecule has 20 heavy (non-hydrogen) atoms. The summed E-state index contributed by atoms with van der Waals surface area (Å²) in [4.78, 5) is 17.7. The van der Waals surface area contributed by atoms with Gasteiger partial charge in [0.15, 0.2) is 0 Å². The fourth-order valence-electron chi connectivity index (χ4n) is 2.51. The fraction of sp³-hybridized carbons (Fsp3) is 0.429. The average molecular weight is 338 g/mol. The van der Waals surface area contributed by atoms with E-state index < -0.39 is 0 Å². The van der Waals surface area contributed by atoms with Crippen molar-refractivity contribution in [3.63, 3.8) is 0 Å². The van der Waals surface area contributed by atoms with Gasteiger partial charge in [0.05, 0.1) is 7.11 Å². The maximum atomic E-state index is 12.0. The van der Waals surface area contributed by atoms with Crippen LogP contribution >= 0.6 is 15.9 Å². The van der Waals surface area contributed by atoms with Crippen LogP contribution in [0.1, 0.15) is 24.4 Å². The lowest BCUT2D eigenvalue weighted by Crippen LogP contribution is -2.35. The third-order valence-corrected chi connectivity index (χ3v) is 4.19. The summed E-state index contributed by atoms with van der Waals surface area (Å²) < 4.78 is 6.32. The number of hydrogen-bond donors (Lipinski definition) is 1. The molecule has 106 valence electrons. The zero-order chi connectivity index (χ0) is 14.3. The second-order valence-corrected chi connectivity index (χ2v) is 6.12. The number of urea groups is 1. The zero-order valence-electron chi connectivity index (χ0n) is 11.2. The molecule has 2 aliphatic rings. The number of ether oxygens (including phenoxy) is 1. The van der Waals surface area contributed by atoms with Crippen LogP contribution in [-0.2, 0) is 0 Å². The maximum absolute atomic E-state index is 12.0. The highest BCUT2D eigenvalue weighted by Gasteiger charge is 2.39. The zero-order valence-corrected chi connectivity index (χ0v) is 12.8. The Morgan fingerprint density at radius 1 is 1.50 bits per heavy atom. The molecule has 1 atom stereocenters. The van der Waals surface area contributed by atoms with E-state index in [4.69, 9.17) is 10.5 Å². The molecule has 0 radical (unpaired) electrons. The minimum atomic E-state index is -0.324. The molecule has 1 aliphatic heterocycles. The number of carbonyl (C=O) groups is 1. The molecule has 1 aliphatic carbocycles. The minimum absolute atomic E-state index is 0.249. The summed E-state index contributed by atoms with van der Waals surface area (Å²) in [6.07, 6.45) is 2.35. The first kappa shape index (κ1) is 13.4. The molecule has 0 aromatic heterocycles. The van der Waals surface area contributed by atoms with Crippen LogP contribution in [0, 0.1) is 5.92 Å². The van der Waals surface area contributed by atoms with E-state index in [9.17, 15) is 4.79 Å². The third kappa shape index (κ3) is 2.40. The van der Waals surface area contributed by atoms with E-state index in [1.165, 1.54) is 12.8 Å². The first-order chi connectivity index (χ1) is 9.60. The largest absolute Gasteiger partial charge is 0.496 e. The van der Waals surface area contributed by atoms with E-state index in [1.807, 2.05) is 18.2 Å². The second-order valence-electron chi connectivity index (χ2n) is 5.20. The number of hydrogen-bond acceptors (Lipinski definition) is 3. The van der Waals surface area contributed by atoms with Gasteiger partial charge in [0.2, 0.25) is 0 Å². The van der Waals surface area contributed by atoms with Crippen LogP contribution in [0.5, 0.6) is 5.75 Å². The number of halogens is 1. The Balaban J connectivity index is 1.99. The van der Waals surface area contributed by atoms with E-state index in [0.29, 0.717) is 24.0 Å². The third-order valence-electron chi connectivity index (χ3n) is 3.70. The van der Waals surface area contributed by atoms with Crippen molar-refractivity contribution in [1.29, 1.82) is 0 Å². The van der Waals surface area contributed by atoms with Crippen molar-refractivity contribution < 1.29 is 9.53 Å². The van der Waals surface area contributed by atoms with Crippen molar-refractivity contribution >= 4 is 27.8 Å². The molecule has 3 rings (SSSR count). The summed E-state index contributed by atoms with van der Waals surface area (Å²) in [6, 6.07) is 5.13. The lowest BCUT2D eigenvalue weighted by molar-refractivity contribution is 0.203. The number of nitrogens with two attached hydrogens (primary N) is 1. The smallest absolute Gasteiger partial charge is 0.346 e. The average Bonchev–Trinajstić information content (AvgIpc) is 3.17. The highest BCUT2D eigenvalue weighted by molar-refractivity contribution is 9.10. The van der Waals surface area contributed by atoms with Crippen LogP contribution in [0.4, 0.5) is 4.79 Å². The Morgan fingerprint density at radius 3 is 2.90 bits per heavy atom. The van der Waals surface area contributed by atoms with Crippen LogP contribution < -0.4 is 10.5 Å². The molecule has 0 saturated heterocycles. The van der Waals surface area contributed by atoms with Crippen molar-refractivity contribution in [3.8, 4) is 5.75 Å². The maximum Gasteiger partial charge on any atom is 0.346 e. The van der Waals surface area contributed by atoms with Crippen LogP contribution in [-0.4, -0.2) is 30.4 Å². The molecule has 1 heterocycles. The quantitative estimate of drug-likeness (QED) is 0.918. The lowest BCUT2D eigenvalue weighted by atomic mass is 10.0. The Bertz CT molecular complexity index is 584. The monoisotopic (exact) mass is 337 g/mol. The van der Waals surface area contributed by atoms with Gasteiger partial charge in [0.1, 0.15) is 17.6 Å². The topological polar surface area (TPSA) is 67.9 Å². The molecule has 1 unspecified atom stereocenters. The van der Waals surface area contributed by atoms with Gasteiger partial charge < -0.3 is 15.4 Å². The van der Waals surface area contributed by atoms with Gasteiger partial charge in [-0.1, -0.05) is 15.9 Å². The summed E-state index contributed by atoms with van der Waals surface area (Å²) in [7, 11) is 1.61. The normalized spacial score (nSPS) is 22.1. The van der Waals surface area contributed by atoms with Crippen LogP contribution in [0.25, 0.3) is 0 Å². The van der Waals surface area contributed by atoms with Gasteiger partial charge in [-0.25, -0.2) is 4.79 Å². The Labute approximate surface area is 125 Å². The summed E-state index contributed by atoms with van der Waals surface area (Å²) in [5.74, 6) is 1.64. The molecule has 0 spiro atoms. The predicted octanol–water partition coefficient (Wildman–Crippen LogP) is 2.70. The highest BCUT2D eigenvalue weighted by Crippen LogP contribution is 2.38.